The highest BCUT2D eigenvalue weighted by Crippen LogP contribution is 2.30. The summed E-state index contributed by atoms with van der Waals surface area (Å²) in [5.74, 6) is 1.55. The first-order valence-corrected chi connectivity index (χ1v) is 8.25. The number of amides is 1. The normalized spacial score (nSPS) is 14.6. The molecule has 0 saturated carbocycles. The van der Waals surface area contributed by atoms with Crippen LogP contribution in [0.5, 0.6) is 0 Å². The zero-order valence-electron chi connectivity index (χ0n) is 13.8. The van der Waals surface area contributed by atoms with Gasteiger partial charge in [-0.1, -0.05) is 17.7 Å². The first-order valence-electron chi connectivity index (χ1n) is 7.87. The van der Waals surface area contributed by atoms with E-state index in [9.17, 15) is 4.79 Å². The van der Waals surface area contributed by atoms with E-state index in [-0.39, 0.29) is 0 Å². The molecule has 126 valence electrons. The molecule has 1 saturated heterocycles. The van der Waals surface area contributed by atoms with Gasteiger partial charge in [0, 0.05) is 32.2 Å². The molecule has 2 heterocycles. The van der Waals surface area contributed by atoms with Crippen LogP contribution in [-0.4, -0.2) is 47.5 Å². The van der Waals surface area contributed by atoms with Gasteiger partial charge in [0.15, 0.2) is 0 Å². The summed E-state index contributed by atoms with van der Waals surface area (Å²) in [4.78, 5) is 23.4. The zero-order valence-corrected chi connectivity index (χ0v) is 14.5. The quantitative estimate of drug-likeness (QED) is 0.863. The average molecular weight is 346 g/mol. The smallest absolute Gasteiger partial charge is 0.209 e. The highest BCUT2D eigenvalue weighted by Gasteiger charge is 2.17. The van der Waals surface area contributed by atoms with Crippen LogP contribution in [0, 0.1) is 13.8 Å². The molecule has 0 radical (unpaired) electrons. The Kier molecular flexibility index (Phi) is 4.85. The molecule has 1 aromatic heterocycles. The van der Waals surface area contributed by atoms with Gasteiger partial charge in [0.1, 0.15) is 18.0 Å². The van der Waals surface area contributed by atoms with E-state index in [4.69, 9.17) is 11.6 Å². The van der Waals surface area contributed by atoms with Crippen molar-refractivity contribution in [1.29, 1.82) is 0 Å². The third kappa shape index (κ3) is 3.59. The van der Waals surface area contributed by atoms with Gasteiger partial charge in [-0.25, -0.2) is 9.97 Å². The minimum atomic E-state index is 0.673. The number of nitrogens with one attached hydrogen (secondary N) is 1. The number of hydrogen-bond donors (Lipinski definition) is 1. The number of aryl methyl sites for hydroxylation is 2. The predicted molar refractivity (Wildman–Crippen MR) is 96.1 cm³/mol. The predicted octanol–water partition coefficient (Wildman–Crippen LogP) is 2.77. The van der Waals surface area contributed by atoms with E-state index in [1.165, 1.54) is 0 Å². The number of anilines is 3. The molecule has 0 atom stereocenters. The number of carbonyl (C=O) groups is 1. The Morgan fingerprint density at radius 2 is 1.88 bits per heavy atom. The number of carbonyl (C=O) groups excluding carboxylic acids is 1. The largest absolute Gasteiger partial charge is 0.353 e. The summed E-state index contributed by atoms with van der Waals surface area (Å²) in [6.07, 6.45) is 2.44. The minimum Gasteiger partial charge on any atom is -0.353 e. The van der Waals surface area contributed by atoms with E-state index in [1.54, 1.807) is 11.2 Å². The first kappa shape index (κ1) is 16.5. The van der Waals surface area contributed by atoms with Gasteiger partial charge in [-0.3, -0.25) is 4.79 Å². The van der Waals surface area contributed by atoms with Crippen LogP contribution >= 0.6 is 11.6 Å². The maximum atomic E-state index is 10.8. The van der Waals surface area contributed by atoms with E-state index in [0.717, 1.165) is 42.1 Å². The summed E-state index contributed by atoms with van der Waals surface area (Å²) >= 11 is 6.35. The molecule has 24 heavy (non-hydrogen) atoms. The van der Waals surface area contributed by atoms with Gasteiger partial charge in [0.2, 0.25) is 6.41 Å². The van der Waals surface area contributed by atoms with E-state index >= 15 is 0 Å². The molecule has 1 fully saturated rings. The highest BCUT2D eigenvalue weighted by atomic mass is 35.5. The van der Waals surface area contributed by atoms with Crippen molar-refractivity contribution in [3.8, 4) is 0 Å². The van der Waals surface area contributed by atoms with E-state index in [1.807, 2.05) is 26.0 Å². The molecule has 0 bridgehead atoms. The van der Waals surface area contributed by atoms with Crippen LogP contribution in [-0.2, 0) is 4.79 Å². The summed E-state index contributed by atoms with van der Waals surface area (Å²) in [5, 5.41) is 3.96. The third-order valence-corrected chi connectivity index (χ3v) is 4.42. The maximum absolute atomic E-state index is 10.8. The highest BCUT2D eigenvalue weighted by molar-refractivity contribution is 6.33. The number of nitrogens with zero attached hydrogens (tertiary/aromatic N) is 4. The Bertz CT molecular complexity index is 721. The molecule has 1 N–H and O–H groups in total. The number of halogens is 1. The Hall–Kier alpha value is -2.34. The van der Waals surface area contributed by atoms with E-state index in [2.05, 4.69) is 26.3 Å². The van der Waals surface area contributed by atoms with Gasteiger partial charge in [0.05, 0.1) is 10.7 Å². The lowest BCUT2D eigenvalue weighted by Crippen LogP contribution is -2.46. The molecule has 2 aromatic rings. The van der Waals surface area contributed by atoms with E-state index < -0.39 is 0 Å². The number of rotatable bonds is 4. The lowest BCUT2D eigenvalue weighted by Gasteiger charge is -2.33. The number of benzene rings is 1. The van der Waals surface area contributed by atoms with Crippen LogP contribution in [0.25, 0.3) is 0 Å². The fourth-order valence-corrected chi connectivity index (χ4v) is 3.22. The maximum Gasteiger partial charge on any atom is 0.209 e. The second-order valence-electron chi connectivity index (χ2n) is 5.95. The van der Waals surface area contributed by atoms with Crippen molar-refractivity contribution in [3.63, 3.8) is 0 Å². The lowest BCUT2D eigenvalue weighted by atomic mass is 10.1. The van der Waals surface area contributed by atoms with Gasteiger partial charge in [0.25, 0.3) is 0 Å². The molecule has 1 amide bonds. The molecule has 1 aliphatic rings. The number of piperazine rings is 1. The van der Waals surface area contributed by atoms with Crippen LogP contribution in [0.3, 0.4) is 0 Å². The van der Waals surface area contributed by atoms with Crippen LogP contribution < -0.4 is 10.2 Å². The van der Waals surface area contributed by atoms with Crippen molar-refractivity contribution in [2.45, 2.75) is 13.8 Å². The fraction of sp³-hybridized carbons (Fsp3) is 0.353. The third-order valence-electron chi connectivity index (χ3n) is 4.12. The molecule has 0 spiro atoms. The summed E-state index contributed by atoms with van der Waals surface area (Å²) in [5.41, 5.74) is 3.05. The van der Waals surface area contributed by atoms with E-state index in [0.29, 0.717) is 23.9 Å². The molecule has 6 nitrogen and oxygen atoms in total. The molecule has 0 unspecified atom stereocenters. The van der Waals surface area contributed by atoms with Crippen LogP contribution in [0.2, 0.25) is 5.02 Å². The lowest BCUT2D eigenvalue weighted by molar-refractivity contribution is -0.118. The average Bonchev–Trinajstić information content (AvgIpc) is 2.58. The number of aromatic nitrogens is 2. The van der Waals surface area contributed by atoms with Gasteiger partial charge in [-0.2, -0.15) is 0 Å². The topological polar surface area (TPSA) is 61.4 Å². The summed E-state index contributed by atoms with van der Waals surface area (Å²) in [6, 6.07) is 5.92. The summed E-state index contributed by atoms with van der Waals surface area (Å²) in [7, 11) is 0. The first-order chi connectivity index (χ1) is 11.6. The number of hydrogen-bond acceptors (Lipinski definition) is 5. The second-order valence-corrected chi connectivity index (χ2v) is 6.36. The van der Waals surface area contributed by atoms with Crippen LogP contribution in [0.4, 0.5) is 17.3 Å². The Balaban J connectivity index is 1.78. The molecule has 3 rings (SSSR count). The van der Waals surface area contributed by atoms with Crippen LogP contribution in [0.15, 0.2) is 24.5 Å². The van der Waals surface area contributed by atoms with Crippen molar-refractivity contribution in [1.82, 2.24) is 14.9 Å². The monoisotopic (exact) mass is 345 g/mol. The van der Waals surface area contributed by atoms with Crippen molar-refractivity contribution in [2.75, 3.05) is 36.4 Å². The van der Waals surface area contributed by atoms with Crippen molar-refractivity contribution in [3.05, 3.63) is 40.7 Å². The van der Waals surface area contributed by atoms with Gasteiger partial charge in [-0.15, -0.1) is 0 Å². The SMILES string of the molecule is Cc1cc(C)c(Nc2cc(N3CCN(C=O)CC3)ncn2)c(Cl)c1. The standard InChI is InChI=1S/C17H20ClN5O/c1-12-7-13(2)17(14(18)8-12)21-15-9-16(20-10-19-15)23-5-3-22(11-24)4-6-23/h7-11H,3-6H2,1-2H3,(H,19,20,21). The zero-order chi connectivity index (χ0) is 17.1. The van der Waals surface area contributed by atoms with Gasteiger partial charge >= 0.3 is 0 Å². The van der Waals surface area contributed by atoms with Crippen molar-refractivity contribution < 1.29 is 4.79 Å². The van der Waals surface area contributed by atoms with Gasteiger partial charge in [-0.05, 0) is 31.0 Å². The second kappa shape index (κ2) is 7.05. The summed E-state index contributed by atoms with van der Waals surface area (Å²) in [6.45, 7) is 6.98. The van der Waals surface area contributed by atoms with Crippen molar-refractivity contribution in [2.24, 2.45) is 0 Å². The molecular formula is C17H20ClN5O. The molecule has 7 heteroatoms. The Morgan fingerprint density at radius 3 is 2.54 bits per heavy atom. The molecule has 1 aliphatic heterocycles. The summed E-state index contributed by atoms with van der Waals surface area (Å²) < 4.78 is 0. The molecule has 0 aliphatic carbocycles. The Labute approximate surface area is 146 Å². The fourth-order valence-electron chi connectivity index (χ4n) is 2.85. The van der Waals surface area contributed by atoms with Crippen LogP contribution in [0.1, 0.15) is 11.1 Å². The van der Waals surface area contributed by atoms with Gasteiger partial charge < -0.3 is 15.1 Å². The molecule has 1 aromatic carbocycles. The van der Waals surface area contributed by atoms with Crippen molar-refractivity contribution >= 4 is 35.3 Å². The molecular weight excluding hydrogens is 326 g/mol. The Morgan fingerprint density at radius 1 is 1.12 bits per heavy atom. The minimum absolute atomic E-state index is 0.673.